The van der Waals surface area contributed by atoms with E-state index in [2.05, 4.69) is 61.3 Å². The second kappa shape index (κ2) is 8.23. The summed E-state index contributed by atoms with van der Waals surface area (Å²) in [6.07, 6.45) is 5.19. The Bertz CT molecular complexity index is 783. The summed E-state index contributed by atoms with van der Waals surface area (Å²) in [5.41, 5.74) is 6.15. The van der Waals surface area contributed by atoms with E-state index in [1.165, 1.54) is 17.5 Å². The fourth-order valence-electron chi connectivity index (χ4n) is 3.39. The molecule has 1 fully saturated rings. The molecule has 1 N–H and O–H groups in total. The van der Waals surface area contributed by atoms with Crippen LogP contribution in [0.1, 0.15) is 54.6 Å². The van der Waals surface area contributed by atoms with Crippen LogP contribution in [0.3, 0.4) is 0 Å². The van der Waals surface area contributed by atoms with Gasteiger partial charge in [0, 0.05) is 23.2 Å². The molecule has 0 saturated carbocycles. The Morgan fingerprint density at radius 2 is 1.92 bits per heavy atom. The number of carbonyl (C=O) groups excluding carboxylic acids is 1. The molecule has 1 amide bonds. The zero-order chi connectivity index (χ0) is 18.7. The number of benzene rings is 1. The molecule has 5 heteroatoms. The fraction of sp³-hybridized carbons (Fsp3) is 0.429. The average Bonchev–Trinajstić information content (AvgIpc) is 2.62. The molecule has 1 aliphatic heterocycles. The van der Waals surface area contributed by atoms with E-state index in [1.807, 2.05) is 12.1 Å². The van der Waals surface area contributed by atoms with Crippen LogP contribution in [0.15, 0.2) is 46.5 Å². The van der Waals surface area contributed by atoms with Crippen molar-refractivity contribution in [2.45, 2.75) is 69.0 Å². The molecule has 138 valence electrons. The largest absolute Gasteiger partial charge is 0.284 e. The van der Waals surface area contributed by atoms with E-state index >= 15 is 0 Å². The number of hydrogen-bond donors (Lipinski definition) is 1. The van der Waals surface area contributed by atoms with Crippen LogP contribution in [-0.2, 0) is 0 Å². The molecule has 2 aromatic rings. The molecule has 0 bridgehead atoms. The average molecular weight is 370 g/mol. The lowest BCUT2D eigenvalue weighted by Crippen LogP contribution is -2.54. The molecule has 2 atom stereocenters. The summed E-state index contributed by atoms with van der Waals surface area (Å²) in [6.45, 7) is 8.51. The third kappa shape index (κ3) is 4.27. The van der Waals surface area contributed by atoms with Gasteiger partial charge >= 0.3 is 0 Å². The maximum absolute atomic E-state index is 13.0. The van der Waals surface area contributed by atoms with Crippen molar-refractivity contribution in [1.82, 2.24) is 15.4 Å². The van der Waals surface area contributed by atoms with Gasteiger partial charge in [-0.1, -0.05) is 30.3 Å². The Morgan fingerprint density at radius 3 is 2.65 bits per heavy atom. The number of hydrogen-bond acceptors (Lipinski definition) is 4. The number of aromatic nitrogens is 1. The van der Waals surface area contributed by atoms with Gasteiger partial charge in [-0.05, 0) is 69.9 Å². The van der Waals surface area contributed by atoms with Gasteiger partial charge in [-0.15, -0.1) is 0 Å². The van der Waals surface area contributed by atoms with Crippen LogP contribution in [0.25, 0.3) is 0 Å². The molecule has 0 unspecified atom stereocenters. The minimum atomic E-state index is -0.0773. The summed E-state index contributed by atoms with van der Waals surface area (Å²) in [7, 11) is 0. The molecule has 0 aliphatic carbocycles. The van der Waals surface area contributed by atoms with Gasteiger partial charge < -0.3 is 0 Å². The van der Waals surface area contributed by atoms with Crippen LogP contribution in [0, 0.1) is 13.8 Å². The number of pyridine rings is 1. The highest BCUT2D eigenvalue weighted by molar-refractivity contribution is 7.99. The minimum Gasteiger partial charge on any atom is -0.284 e. The molecule has 3 rings (SSSR count). The molecule has 26 heavy (non-hydrogen) atoms. The predicted octanol–water partition coefficient (Wildman–Crippen LogP) is 4.76. The van der Waals surface area contributed by atoms with Gasteiger partial charge in [-0.3, -0.25) is 10.2 Å². The van der Waals surface area contributed by atoms with Crippen molar-refractivity contribution < 1.29 is 4.79 Å². The number of hydrazine groups is 1. The first-order chi connectivity index (χ1) is 12.5. The van der Waals surface area contributed by atoms with E-state index in [0.717, 1.165) is 22.8 Å². The Labute approximate surface area is 160 Å². The molecule has 1 aromatic heterocycles. The maximum atomic E-state index is 13.0. The first-order valence-electron chi connectivity index (χ1n) is 9.25. The highest BCUT2D eigenvalue weighted by atomic mass is 32.2. The van der Waals surface area contributed by atoms with Gasteiger partial charge in [0.2, 0.25) is 0 Å². The zero-order valence-corrected chi connectivity index (χ0v) is 16.8. The van der Waals surface area contributed by atoms with Gasteiger partial charge in [-0.2, -0.15) is 0 Å². The summed E-state index contributed by atoms with van der Waals surface area (Å²) < 4.78 is 0. The number of carbonyl (C=O) groups is 1. The molecule has 1 aliphatic rings. The number of amides is 1. The van der Waals surface area contributed by atoms with Crippen LogP contribution in [0.4, 0.5) is 0 Å². The van der Waals surface area contributed by atoms with Gasteiger partial charge in [0.1, 0.15) is 5.03 Å². The second-order valence-corrected chi connectivity index (χ2v) is 8.23. The number of rotatable bonds is 4. The summed E-state index contributed by atoms with van der Waals surface area (Å²) >= 11 is 1.56. The Kier molecular flexibility index (Phi) is 5.99. The third-order valence-electron chi connectivity index (χ3n) is 4.99. The van der Waals surface area contributed by atoms with Gasteiger partial charge in [0.25, 0.3) is 5.91 Å². The van der Waals surface area contributed by atoms with Crippen molar-refractivity contribution in [1.29, 1.82) is 0 Å². The fourth-order valence-corrected chi connectivity index (χ4v) is 4.45. The lowest BCUT2D eigenvalue weighted by atomic mass is 10.00. The van der Waals surface area contributed by atoms with E-state index in [-0.39, 0.29) is 5.91 Å². The third-order valence-corrected chi connectivity index (χ3v) is 6.17. The molecule has 1 aromatic carbocycles. The quantitative estimate of drug-likeness (QED) is 0.844. The van der Waals surface area contributed by atoms with Gasteiger partial charge in [0.05, 0.1) is 5.56 Å². The lowest BCUT2D eigenvalue weighted by Gasteiger charge is -2.38. The minimum absolute atomic E-state index is 0.0773. The van der Waals surface area contributed by atoms with E-state index in [4.69, 9.17) is 0 Å². The molecule has 1 saturated heterocycles. The van der Waals surface area contributed by atoms with Crippen LogP contribution in [-0.4, -0.2) is 28.0 Å². The number of aryl methyl sites for hydroxylation is 2. The predicted molar refractivity (Wildman–Crippen MR) is 106 cm³/mol. The van der Waals surface area contributed by atoms with Crippen molar-refractivity contribution in [2.24, 2.45) is 0 Å². The first-order valence-corrected chi connectivity index (χ1v) is 10.1. The summed E-state index contributed by atoms with van der Waals surface area (Å²) in [4.78, 5) is 18.6. The monoisotopic (exact) mass is 369 g/mol. The van der Waals surface area contributed by atoms with Crippen molar-refractivity contribution in [2.75, 3.05) is 0 Å². The molecule has 2 heterocycles. The normalized spacial score (nSPS) is 20.8. The van der Waals surface area contributed by atoms with Crippen molar-refractivity contribution >= 4 is 17.7 Å². The van der Waals surface area contributed by atoms with Crippen molar-refractivity contribution in [3.8, 4) is 0 Å². The molecule has 0 radical (unpaired) electrons. The van der Waals surface area contributed by atoms with Crippen molar-refractivity contribution in [3.05, 3.63) is 53.2 Å². The molecule has 0 spiro atoms. The van der Waals surface area contributed by atoms with Crippen LogP contribution < -0.4 is 5.43 Å². The first kappa shape index (κ1) is 18.9. The summed E-state index contributed by atoms with van der Waals surface area (Å²) in [5, 5.41) is 2.85. The zero-order valence-electron chi connectivity index (χ0n) is 16.0. The maximum Gasteiger partial charge on any atom is 0.268 e. The van der Waals surface area contributed by atoms with Crippen molar-refractivity contribution in [3.63, 3.8) is 0 Å². The smallest absolute Gasteiger partial charge is 0.268 e. The number of nitrogens with zero attached hydrogens (tertiary/aromatic N) is 2. The highest BCUT2D eigenvalue weighted by Crippen LogP contribution is 2.32. The van der Waals surface area contributed by atoms with Gasteiger partial charge in [0.15, 0.2) is 0 Å². The van der Waals surface area contributed by atoms with Crippen LogP contribution in [0.2, 0.25) is 0 Å². The molecular formula is C21H27N3OS. The number of nitrogens with one attached hydrogen (secondary N) is 1. The van der Waals surface area contributed by atoms with Crippen LogP contribution in [0.5, 0.6) is 0 Å². The molecular weight excluding hydrogens is 342 g/mol. The van der Waals surface area contributed by atoms with E-state index in [1.54, 1.807) is 18.0 Å². The van der Waals surface area contributed by atoms with E-state index < -0.39 is 0 Å². The Balaban J connectivity index is 1.82. The standard InChI is InChI=1S/C21H27N3OS/c1-14-10-11-15(2)19(13-14)26-21-18(9-6-12-22-21)20(25)23-24-16(3)7-5-8-17(24)4/h6,9-13,16-17H,5,7-8H2,1-4H3,(H,23,25)/t16-,17-/m1/s1. The SMILES string of the molecule is Cc1ccc(C)c(Sc2ncccc2C(=O)NN2[C@H](C)CCC[C@H]2C)c1. The lowest BCUT2D eigenvalue weighted by molar-refractivity contribution is 0.0367. The Hall–Kier alpha value is -1.85. The summed E-state index contributed by atoms with van der Waals surface area (Å²) in [6, 6.07) is 10.7. The van der Waals surface area contributed by atoms with Crippen LogP contribution >= 0.6 is 11.8 Å². The highest BCUT2D eigenvalue weighted by Gasteiger charge is 2.27. The molecule has 4 nitrogen and oxygen atoms in total. The van der Waals surface area contributed by atoms with Gasteiger partial charge in [-0.25, -0.2) is 9.99 Å². The van der Waals surface area contributed by atoms with E-state index in [9.17, 15) is 4.79 Å². The second-order valence-electron chi connectivity index (χ2n) is 7.20. The number of piperidine rings is 1. The van der Waals surface area contributed by atoms with E-state index in [0.29, 0.717) is 17.6 Å². The topological polar surface area (TPSA) is 45.2 Å². The Morgan fingerprint density at radius 1 is 1.19 bits per heavy atom. The summed E-state index contributed by atoms with van der Waals surface area (Å²) in [5.74, 6) is -0.0773.